The largest absolute Gasteiger partial charge is 0.481 e. The highest BCUT2D eigenvalue weighted by Gasteiger charge is 2.46. The quantitative estimate of drug-likeness (QED) is 0.110. The smallest absolute Gasteiger partial charge is 0.387 e. The van der Waals surface area contributed by atoms with E-state index in [1.165, 1.54) is 12.3 Å². The molecular formula is C16H31N4O12P2+. The summed E-state index contributed by atoms with van der Waals surface area (Å²) in [6.07, 6.45) is -4.88. The molecule has 1 aliphatic heterocycles. The molecule has 1 saturated heterocycles. The third-order valence-electron chi connectivity index (χ3n) is 4.46. The van der Waals surface area contributed by atoms with Crippen molar-refractivity contribution in [3.63, 3.8) is 0 Å². The number of likely N-dealkylation sites (N-methyl/N-ethyl adjacent to an activating group) is 1. The number of hydrogen-bond acceptors (Lipinski definition) is 12. The number of nitrogens with two attached hydrogens (primary N) is 1. The van der Waals surface area contributed by atoms with E-state index in [-0.39, 0.29) is 12.4 Å². The van der Waals surface area contributed by atoms with Crippen LogP contribution in [0.5, 0.6) is 0 Å². The van der Waals surface area contributed by atoms with Gasteiger partial charge in [0.25, 0.3) is 0 Å². The second-order valence-electron chi connectivity index (χ2n) is 8.36. The van der Waals surface area contributed by atoms with Crippen LogP contribution in [0, 0.1) is 0 Å². The van der Waals surface area contributed by atoms with Crippen LogP contribution in [0.25, 0.3) is 0 Å². The molecule has 6 atom stereocenters. The number of aliphatic hydroxyl groups is 2. The predicted octanol–water partition coefficient (Wildman–Crippen LogP) is -1.58. The van der Waals surface area contributed by atoms with Crippen LogP contribution < -0.4 is 11.4 Å². The molecule has 6 N–H and O–H groups in total. The molecule has 34 heavy (non-hydrogen) atoms. The zero-order valence-corrected chi connectivity index (χ0v) is 20.7. The summed E-state index contributed by atoms with van der Waals surface area (Å²) in [6, 6.07) is 1.26. The molecule has 0 saturated carbocycles. The number of quaternary nitrogens is 1. The first-order valence-corrected chi connectivity index (χ1v) is 13.0. The fourth-order valence-corrected chi connectivity index (χ4v) is 4.77. The molecule has 2 heterocycles. The number of ether oxygens (including phenoxy) is 2. The van der Waals surface area contributed by atoms with E-state index in [2.05, 4.69) is 18.3 Å². The number of hydrogen-bond donors (Lipinski definition) is 5. The van der Waals surface area contributed by atoms with Crippen LogP contribution in [-0.2, 0) is 32.0 Å². The van der Waals surface area contributed by atoms with Gasteiger partial charge in [-0.25, -0.2) is 13.9 Å². The third kappa shape index (κ3) is 9.07. The van der Waals surface area contributed by atoms with Gasteiger partial charge in [0.2, 0.25) is 0 Å². The lowest BCUT2D eigenvalue weighted by atomic mass is 10.1. The Hall–Kier alpha value is -1.26. The van der Waals surface area contributed by atoms with E-state index in [1.54, 1.807) is 0 Å². The average Bonchev–Trinajstić information content (AvgIpc) is 2.96. The number of phosphoric ester groups is 2. The van der Waals surface area contributed by atoms with Crippen LogP contribution in [0.2, 0.25) is 0 Å². The number of aliphatic hydroxyl groups excluding tert-OH is 2. The van der Waals surface area contributed by atoms with E-state index in [1.807, 2.05) is 21.1 Å². The zero-order chi connectivity index (χ0) is 25.7. The summed E-state index contributed by atoms with van der Waals surface area (Å²) in [5.41, 5.74) is 4.53. The molecule has 1 fully saturated rings. The number of aromatic nitrogens is 2. The summed E-state index contributed by atoms with van der Waals surface area (Å²) in [4.78, 5) is 34.8. The highest BCUT2D eigenvalue weighted by molar-refractivity contribution is 7.61. The van der Waals surface area contributed by atoms with Crippen molar-refractivity contribution in [3.05, 3.63) is 22.7 Å². The van der Waals surface area contributed by atoms with E-state index >= 15 is 0 Å². The van der Waals surface area contributed by atoms with Gasteiger partial charge in [-0.3, -0.25) is 13.6 Å². The van der Waals surface area contributed by atoms with Crippen molar-refractivity contribution in [1.29, 1.82) is 0 Å². The van der Waals surface area contributed by atoms with E-state index in [4.69, 9.17) is 15.2 Å². The number of anilines is 1. The molecule has 0 radical (unpaired) electrons. The van der Waals surface area contributed by atoms with Gasteiger partial charge in [0, 0.05) is 6.20 Å². The van der Waals surface area contributed by atoms with Gasteiger partial charge in [-0.15, -0.1) is 0 Å². The molecule has 2 unspecified atom stereocenters. The second-order valence-corrected chi connectivity index (χ2v) is 11.4. The van der Waals surface area contributed by atoms with Crippen molar-refractivity contribution in [2.24, 2.45) is 0 Å². The Morgan fingerprint density at radius 1 is 1.12 bits per heavy atom. The number of nitrogen functional groups attached to an aromatic ring is 1. The van der Waals surface area contributed by atoms with Gasteiger partial charge < -0.3 is 39.7 Å². The maximum Gasteiger partial charge on any atom is 0.481 e. The maximum absolute atomic E-state index is 12.0. The van der Waals surface area contributed by atoms with Gasteiger partial charge >= 0.3 is 21.3 Å². The van der Waals surface area contributed by atoms with E-state index in [0.717, 1.165) is 4.57 Å². The van der Waals surface area contributed by atoms with Crippen molar-refractivity contribution in [1.82, 2.24) is 9.55 Å². The third-order valence-corrected chi connectivity index (χ3v) is 7.09. The molecule has 1 aliphatic rings. The fourth-order valence-electron chi connectivity index (χ4n) is 2.71. The lowest BCUT2D eigenvalue weighted by molar-refractivity contribution is -0.870. The van der Waals surface area contributed by atoms with Crippen LogP contribution >= 0.6 is 15.6 Å². The van der Waals surface area contributed by atoms with Crippen LogP contribution in [-0.4, -0.2) is 106 Å². The van der Waals surface area contributed by atoms with Gasteiger partial charge in [-0.2, -0.15) is 9.29 Å². The Morgan fingerprint density at radius 3 is 2.38 bits per heavy atom. The lowest BCUT2D eigenvalue weighted by Gasteiger charge is -2.23. The normalized spacial score (nSPS) is 26.8. The van der Waals surface area contributed by atoms with Gasteiger partial charge in [-0.05, 0) is 6.07 Å². The Bertz CT molecular complexity index is 970. The summed E-state index contributed by atoms with van der Waals surface area (Å²) in [5.74, 6) is -0.0705. The Kier molecular flexibility index (Phi) is 9.93. The van der Waals surface area contributed by atoms with Crippen LogP contribution in [0.15, 0.2) is 17.1 Å². The van der Waals surface area contributed by atoms with Gasteiger partial charge in [0.1, 0.15) is 30.7 Å². The predicted molar refractivity (Wildman–Crippen MR) is 115 cm³/mol. The molecule has 2 rings (SSSR count). The van der Waals surface area contributed by atoms with E-state index < -0.39 is 59.1 Å². The fraction of sp³-hybridized carbons (Fsp3) is 0.750. The molecule has 16 nitrogen and oxygen atoms in total. The summed E-state index contributed by atoms with van der Waals surface area (Å²) in [7, 11) is -4.28. The minimum absolute atomic E-state index is 0.0642. The minimum Gasteiger partial charge on any atom is -0.387 e. The summed E-state index contributed by atoms with van der Waals surface area (Å²) >= 11 is 0. The first kappa shape index (κ1) is 29.0. The molecule has 18 heteroatoms. The average molecular weight is 533 g/mol. The molecule has 1 aromatic rings. The van der Waals surface area contributed by atoms with Crippen LogP contribution in [0.3, 0.4) is 0 Å². The number of rotatable bonds is 13. The first-order chi connectivity index (χ1) is 15.6. The molecule has 196 valence electrons. The van der Waals surface area contributed by atoms with Gasteiger partial charge in [0.15, 0.2) is 6.23 Å². The lowest BCUT2D eigenvalue weighted by Crippen LogP contribution is -2.37. The van der Waals surface area contributed by atoms with Crippen molar-refractivity contribution >= 4 is 21.5 Å². The summed E-state index contributed by atoms with van der Waals surface area (Å²) < 4.78 is 49.4. The maximum atomic E-state index is 12.0. The van der Waals surface area contributed by atoms with Crippen molar-refractivity contribution in [2.75, 3.05) is 59.8 Å². The van der Waals surface area contributed by atoms with Crippen LogP contribution in [0.4, 0.5) is 5.82 Å². The molecule has 0 spiro atoms. The van der Waals surface area contributed by atoms with Crippen molar-refractivity contribution < 1.29 is 56.4 Å². The van der Waals surface area contributed by atoms with E-state index in [9.17, 15) is 33.9 Å². The first-order valence-electron chi connectivity index (χ1n) is 10.0. The van der Waals surface area contributed by atoms with Crippen molar-refractivity contribution in [2.45, 2.75) is 24.5 Å². The highest BCUT2D eigenvalue weighted by Crippen LogP contribution is 2.60. The molecule has 0 amide bonds. The molecule has 0 aliphatic carbocycles. The second kappa shape index (κ2) is 11.6. The zero-order valence-electron chi connectivity index (χ0n) is 18.9. The Labute approximate surface area is 195 Å². The molecule has 0 bridgehead atoms. The summed E-state index contributed by atoms with van der Waals surface area (Å²) in [6.45, 7) is -0.256. The topological polar surface area (TPSA) is 222 Å². The minimum atomic E-state index is -5.16. The molecule has 0 aromatic carbocycles. The van der Waals surface area contributed by atoms with Crippen molar-refractivity contribution in [3.8, 4) is 0 Å². The Balaban J connectivity index is 1.83. The highest BCUT2D eigenvalue weighted by atomic mass is 31.3. The standard InChI is InChI=1S/C16H30N4O12P2/c1-20(2,3)6-7-28-8-9-29-33(24,25)32-34(26,27)30-10-11-13(21)14(22)15(31-11)19-5-4-12(17)18-16(19)23/h4-5,11,13-15,21-22H,6-10H2,1-3H3,(H3-,17,18,23,24,25,26,27)/p+1/t11-,13-,14-,15-/m1/s1. The molecule has 1 aromatic heterocycles. The molecular weight excluding hydrogens is 502 g/mol. The van der Waals surface area contributed by atoms with Gasteiger partial charge in [0.05, 0.1) is 47.6 Å². The van der Waals surface area contributed by atoms with E-state index in [0.29, 0.717) is 17.6 Å². The Morgan fingerprint density at radius 2 is 1.76 bits per heavy atom. The monoisotopic (exact) mass is 533 g/mol. The SMILES string of the molecule is C[N+](C)(C)CCOCCOP(=O)(O)OP(=O)(O)OC[C@H]1O[C@@H](n2ccc(N)nc2=O)[C@H](O)[C@@H]1O. The summed E-state index contributed by atoms with van der Waals surface area (Å²) in [5, 5.41) is 20.3. The number of nitrogens with zero attached hydrogens (tertiary/aromatic N) is 3. The number of phosphoric acid groups is 2. The van der Waals surface area contributed by atoms with Gasteiger partial charge in [-0.1, -0.05) is 0 Å². The van der Waals surface area contributed by atoms with Crippen LogP contribution in [0.1, 0.15) is 6.23 Å².